The van der Waals surface area contributed by atoms with Crippen LogP contribution in [-0.2, 0) is 14.6 Å². The highest BCUT2D eigenvalue weighted by Crippen LogP contribution is 2.28. The van der Waals surface area contributed by atoms with Crippen LogP contribution >= 0.6 is 23.2 Å². The van der Waals surface area contributed by atoms with E-state index in [9.17, 15) is 13.2 Å². The fraction of sp³-hybridized carbons (Fsp3) is 0.300. The second kappa shape index (κ2) is 5.88. The molecule has 0 saturated carbocycles. The van der Waals surface area contributed by atoms with E-state index in [1.54, 1.807) is 0 Å². The van der Waals surface area contributed by atoms with Crippen LogP contribution in [0.25, 0.3) is 0 Å². The van der Waals surface area contributed by atoms with Crippen molar-refractivity contribution in [3.63, 3.8) is 0 Å². The van der Waals surface area contributed by atoms with Gasteiger partial charge in [-0.1, -0.05) is 23.2 Å². The summed E-state index contributed by atoms with van der Waals surface area (Å²) in [7, 11) is -4.11. The predicted molar refractivity (Wildman–Crippen MR) is 68.7 cm³/mol. The van der Waals surface area contributed by atoms with E-state index in [4.69, 9.17) is 34.0 Å². The molecule has 0 amide bonds. The molecule has 0 aliphatic heterocycles. The number of sulfone groups is 1. The van der Waals surface area contributed by atoms with E-state index in [1.807, 2.05) is 0 Å². The summed E-state index contributed by atoms with van der Waals surface area (Å²) in [6.45, 7) is -0.0611. The fourth-order valence-electron chi connectivity index (χ4n) is 1.41. The van der Waals surface area contributed by atoms with Crippen molar-refractivity contribution < 1.29 is 18.3 Å². The molecule has 1 rings (SSSR count). The first-order valence-corrected chi connectivity index (χ1v) is 7.22. The number of halogens is 2. The minimum atomic E-state index is -4.11. The second-order valence-corrected chi connectivity index (χ2v) is 6.47. The van der Waals surface area contributed by atoms with Gasteiger partial charge in [0.05, 0.1) is 9.92 Å². The summed E-state index contributed by atoms with van der Waals surface area (Å²) in [6, 6.07) is 3.85. The summed E-state index contributed by atoms with van der Waals surface area (Å²) in [5.74, 6) is -1.46. The maximum absolute atomic E-state index is 12.2. The Balaban J connectivity index is 3.35. The minimum absolute atomic E-state index is 0.0611. The van der Waals surface area contributed by atoms with Crippen molar-refractivity contribution in [2.45, 2.75) is 16.6 Å². The Morgan fingerprint density at radius 2 is 2.00 bits per heavy atom. The van der Waals surface area contributed by atoms with E-state index in [0.29, 0.717) is 0 Å². The Kier molecular flexibility index (Phi) is 4.98. The summed E-state index contributed by atoms with van der Waals surface area (Å²) in [4.78, 5) is 10.7. The lowest BCUT2D eigenvalue weighted by Crippen LogP contribution is -2.32. The van der Waals surface area contributed by atoms with Gasteiger partial charge in [0, 0.05) is 5.02 Å². The highest BCUT2D eigenvalue weighted by Gasteiger charge is 2.34. The van der Waals surface area contributed by atoms with Crippen LogP contribution in [0.3, 0.4) is 0 Å². The van der Waals surface area contributed by atoms with Gasteiger partial charge in [0.25, 0.3) is 0 Å². The van der Waals surface area contributed by atoms with Crippen LogP contribution in [0.5, 0.6) is 0 Å². The van der Waals surface area contributed by atoms with Gasteiger partial charge in [0.15, 0.2) is 15.1 Å². The first-order chi connectivity index (χ1) is 8.30. The van der Waals surface area contributed by atoms with E-state index in [0.717, 1.165) is 6.07 Å². The molecule has 100 valence electrons. The third-order valence-corrected chi connectivity index (χ3v) is 5.09. The molecular formula is C10H11Cl2NO4S. The third-order valence-electron chi connectivity index (χ3n) is 2.28. The van der Waals surface area contributed by atoms with Crippen LogP contribution in [0.4, 0.5) is 0 Å². The predicted octanol–water partition coefficient (Wildman–Crippen LogP) is 1.57. The Hall–Kier alpha value is -0.820. The van der Waals surface area contributed by atoms with Crippen LogP contribution in [0.1, 0.15) is 6.42 Å². The number of hydrogen-bond donors (Lipinski definition) is 2. The Morgan fingerprint density at radius 3 is 2.50 bits per heavy atom. The standard InChI is InChI=1S/C10H11Cl2NO4S/c11-6-1-2-7(12)9(5-6)18(16,17)8(3-4-13)10(14)15/h1-2,5,8H,3-4,13H2,(H,14,15). The Labute approximate surface area is 114 Å². The number of aliphatic carboxylic acids is 1. The monoisotopic (exact) mass is 311 g/mol. The number of nitrogens with two attached hydrogens (primary N) is 1. The maximum Gasteiger partial charge on any atom is 0.322 e. The number of carboxylic acid groups (broad SMARTS) is 1. The zero-order chi connectivity index (χ0) is 13.9. The van der Waals surface area contributed by atoms with Gasteiger partial charge >= 0.3 is 5.97 Å². The van der Waals surface area contributed by atoms with Crippen LogP contribution in [0.15, 0.2) is 23.1 Å². The van der Waals surface area contributed by atoms with E-state index >= 15 is 0 Å². The van der Waals surface area contributed by atoms with Gasteiger partial charge in [-0.2, -0.15) is 0 Å². The third kappa shape index (κ3) is 3.14. The highest BCUT2D eigenvalue weighted by atomic mass is 35.5. The van der Waals surface area contributed by atoms with Crippen LogP contribution in [-0.4, -0.2) is 31.3 Å². The molecule has 3 N–H and O–H groups in total. The number of benzene rings is 1. The molecule has 0 saturated heterocycles. The summed E-state index contributed by atoms with van der Waals surface area (Å²) < 4.78 is 24.3. The number of carbonyl (C=O) groups is 1. The highest BCUT2D eigenvalue weighted by molar-refractivity contribution is 7.93. The summed E-state index contributed by atoms with van der Waals surface area (Å²) in [5, 5.41) is 7.42. The van der Waals surface area contributed by atoms with Gasteiger partial charge in [0.1, 0.15) is 0 Å². The van der Waals surface area contributed by atoms with E-state index in [2.05, 4.69) is 0 Å². The SMILES string of the molecule is NCCC(C(=O)O)S(=O)(=O)c1cc(Cl)ccc1Cl. The molecule has 1 unspecified atom stereocenters. The molecule has 1 aromatic carbocycles. The van der Waals surface area contributed by atoms with Gasteiger partial charge in [0.2, 0.25) is 0 Å². The lowest BCUT2D eigenvalue weighted by molar-refractivity contribution is -0.136. The largest absolute Gasteiger partial charge is 0.480 e. The van der Waals surface area contributed by atoms with Crippen molar-refractivity contribution in [2.75, 3.05) is 6.54 Å². The fourth-order valence-corrected chi connectivity index (χ4v) is 3.74. The van der Waals surface area contributed by atoms with E-state index in [1.165, 1.54) is 12.1 Å². The molecule has 0 aliphatic carbocycles. The van der Waals surface area contributed by atoms with Crippen LogP contribution in [0, 0.1) is 0 Å². The van der Waals surface area contributed by atoms with E-state index in [-0.39, 0.29) is 27.9 Å². The smallest absolute Gasteiger partial charge is 0.322 e. The zero-order valence-corrected chi connectivity index (χ0v) is 11.5. The van der Waals surface area contributed by atoms with Crippen LogP contribution in [0.2, 0.25) is 10.0 Å². The molecule has 0 bridgehead atoms. The quantitative estimate of drug-likeness (QED) is 0.860. The van der Waals surface area contributed by atoms with E-state index < -0.39 is 21.1 Å². The molecule has 8 heteroatoms. The van der Waals surface area contributed by atoms with Crippen molar-refractivity contribution in [1.82, 2.24) is 0 Å². The zero-order valence-electron chi connectivity index (χ0n) is 9.14. The molecule has 1 atom stereocenters. The lowest BCUT2D eigenvalue weighted by atomic mass is 10.3. The first kappa shape index (κ1) is 15.2. The van der Waals surface area contributed by atoms with Crippen molar-refractivity contribution in [1.29, 1.82) is 0 Å². The summed E-state index contributed by atoms with van der Waals surface area (Å²) in [6.07, 6.45) is -0.194. The number of rotatable bonds is 5. The first-order valence-electron chi connectivity index (χ1n) is 4.92. The Bertz CT molecular complexity index is 559. The molecular weight excluding hydrogens is 301 g/mol. The van der Waals surface area contributed by atoms with Crippen molar-refractivity contribution >= 4 is 39.0 Å². The molecule has 0 spiro atoms. The molecule has 5 nitrogen and oxygen atoms in total. The summed E-state index contributed by atoms with van der Waals surface area (Å²) in [5.41, 5.74) is 5.22. The number of carboxylic acids is 1. The average molecular weight is 312 g/mol. The minimum Gasteiger partial charge on any atom is -0.480 e. The maximum atomic E-state index is 12.2. The van der Waals surface area contributed by atoms with Crippen LogP contribution < -0.4 is 5.73 Å². The van der Waals surface area contributed by atoms with Crippen molar-refractivity contribution in [2.24, 2.45) is 5.73 Å². The summed E-state index contributed by atoms with van der Waals surface area (Å²) >= 11 is 11.5. The van der Waals surface area contributed by atoms with Gasteiger partial charge < -0.3 is 10.8 Å². The van der Waals surface area contributed by atoms with Crippen molar-refractivity contribution in [3.8, 4) is 0 Å². The molecule has 0 heterocycles. The molecule has 0 aliphatic rings. The van der Waals surface area contributed by atoms with Gasteiger partial charge in [-0.25, -0.2) is 8.42 Å². The number of hydrogen-bond acceptors (Lipinski definition) is 4. The van der Waals surface area contributed by atoms with Gasteiger partial charge in [-0.15, -0.1) is 0 Å². The normalized spacial score (nSPS) is 13.3. The van der Waals surface area contributed by atoms with Crippen molar-refractivity contribution in [3.05, 3.63) is 28.2 Å². The molecule has 0 fully saturated rings. The lowest BCUT2D eigenvalue weighted by Gasteiger charge is -2.13. The average Bonchev–Trinajstić information content (AvgIpc) is 2.28. The van der Waals surface area contributed by atoms with Gasteiger partial charge in [-0.05, 0) is 31.2 Å². The Morgan fingerprint density at radius 1 is 1.39 bits per heavy atom. The molecule has 0 aromatic heterocycles. The molecule has 0 radical (unpaired) electrons. The topological polar surface area (TPSA) is 97.5 Å². The molecule has 1 aromatic rings. The second-order valence-electron chi connectivity index (χ2n) is 3.52. The van der Waals surface area contributed by atoms with Gasteiger partial charge in [-0.3, -0.25) is 4.79 Å². The molecule has 18 heavy (non-hydrogen) atoms.